The standard InChI is InChI=1S/C15H9BrClF2N2O2.Y/c16-11-7-9(23-6-5-20)1-2-10(11)13-4-3-12(17)15(22)21(13)8-14(18)19;/h1-3,7,14H,6,8H2;/q-1;. The summed E-state index contributed by atoms with van der Waals surface area (Å²) in [5.41, 5.74) is -0.0560. The molecule has 4 nitrogen and oxygen atoms in total. The SMILES string of the molecule is N#CCOc1ccc(-c2[c-]cc(Cl)c(=O)n2CC(F)F)c(Br)c1.[Y]. The molecule has 9 heteroatoms. The molecule has 123 valence electrons. The topological polar surface area (TPSA) is 55.0 Å². The van der Waals surface area contributed by atoms with Crippen molar-refractivity contribution in [1.29, 1.82) is 5.26 Å². The average Bonchev–Trinajstić information content (AvgIpc) is 2.50. The number of aromatic nitrogens is 1. The summed E-state index contributed by atoms with van der Waals surface area (Å²) in [6, 6.07) is 10.6. The third kappa shape index (κ3) is 5.09. The van der Waals surface area contributed by atoms with E-state index in [0.717, 1.165) is 4.57 Å². The number of rotatable bonds is 5. The molecule has 0 spiro atoms. The molecular formula is C15H9BrClF2N2O2Y-. The molecular weight excluding hydrogens is 482 g/mol. The smallest absolute Gasteiger partial charge is 0.256 e. The Bertz CT molecular complexity index is 824. The monoisotopic (exact) mass is 490 g/mol. The summed E-state index contributed by atoms with van der Waals surface area (Å²) < 4.78 is 32.0. The Morgan fingerprint density at radius 2 is 2.17 bits per heavy atom. The zero-order valence-corrected chi connectivity index (χ0v) is 17.3. The minimum Gasteiger partial charge on any atom is -0.479 e. The van der Waals surface area contributed by atoms with Gasteiger partial charge in [0.15, 0.2) is 6.61 Å². The summed E-state index contributed by atoms with van der Waals surface area (Å²) in [7, 11) is 0. The van der Waals surface area contributed by atoms with Crippen LogP contribution in [0.4, 0.5) is 8.78 Å². The van der Waals surface area contributed by atoms with Crippen LogP contribution in [-0.4, -0.2) is 17.6 Å². The summed E-state index contributed by atoms with van der Waals surface area (Å²) >= 11 is 9.01. The molecule has 0 aliphatic rings. The minimum absolute atomic E-state index is 0. The van der Waals surface area contributed by atoms with Crippen molar-refractivity contribution in [2.45, 2.75) is 13.0 Å². The van der Waals surface area contributed by atoms with Crippen molar-refractivity contribution in [3.05, 3.63) is 50.2 Å². The second kappa shape index (κ2) is 9.62. The van der Waals surface area contributed by atoms with E-state index in [0.29, 0.717) is 15.8 Å². The van der Waals surface area contributed by atoms with Gasteiger partial charge in [-0.3, -0.25) is 4.79 Å². The van der Waals surface area contributed by atoms with Crippen molar-refractivity contribution in [2.75, 3.05) is 6.61 Å². The van der Waals surface area contributed by atoms with E-state index < -0.39 is 18.5 Å². The Hall–Kier alpha value is -0.806. The molecule has 0 N–H and O–H groups in total. The molecule has 24 heavy (non-hydrogen) atoms. The number of halogens is 4. The first-order valence-electron chi connectivity index (χ1n) is 6.33. The van der Waals surface area contributed by atoms with Gasteiger partial charge >= 0.3 is 0 Å². The Kier molecular flexibility index (Phi) is 8.51. The molecule has 0 amide bonds. The van der Waals surface area contributed by atoms with Gasteiger partial charge in [0.1, 0.15) is 11.8 Å². The molecule has 2 aromatic rings. The second-order valence-electron chi connectivity index (χ2n) is 4.38. The van der Waals surface area contributed by atoms with Crippen LogP contribution < -0.4 is 10.3 Å². The number of ether oxygens (including phenoxy) is 1. The molecule has 0 saturated heterocycles. The third-order valence-corrected chi connectivity index (χ3v) is 3.80. The Morgan fingerprint density at radius 3 is 2.75 bits per heavy atom. The zero-order valence-electron chi connectivity index (χ0n) is 12.1. The van der Waals surface area contributed by atoms with Crippen LogP contribution in [0.3, 0.4) is 0 Å². The van der Waals surface area contributed by atoms with E-state index in [1.807, 2.05) is 6.07 Å². The zero-order chi connectivity index (χ0) is 17.0. The van der Waals surface area contributed by atoms with Gasteiger partial charge in [0.05, 0.1) is 6.54 Å². The predicted octanol–water partition coefficient (Wildman–Crippen LogP) is 3.90. The Labute approximate surface area is 175 Å². The number of hydrogen-bond acceptors (Lipinski definition) is 3. The van der Waals surface area contributed by atoms with Crippen molar-refractivity contribution in [3.63, 3.8) is 0 Å². The fourth-order valence-electron chi connectivity index (χ4n) is 1.93. The molecule has 0 atom stereocenters. The average molecular weight is 492 g/mol. The maximum Gasteiger partial charge on any atom is 0.256 e. The van der Waals surface area contributed by atoms with Crippen molar-refractivity contribution < 1.29 is 46.2 Å². The normalized spacial score (nSPS) is 10.2. The van der Waals surface area contributed by atoms with Gasteiger partial charge in [0, 0.05) is 37.7 Å². The van der Waals surface area contributed by atoms with Gasteiger partial charge in [-0.15, -0.1) is 6.07 Å². The summed E-state index contributed by atoms with van der Waals surface area (Å²) in [6.45, 7) is -0.903. The molecule has 1 aromatic heterocycles. The molecule has 0 fully saturated rings. The van der Waals surface area contributed by atoms with Crippen LogP contribution in [0.15, 0.2) is 33.5 Å². The van der Waals surface area contributed by atoms with Crippen LogP contribution in [0.1, 0.15) is 0 Å². The van der Waals surface area contributed by atoms with E-state index in [1.54, 1.807) is 18.2 Å². The van der Waals surface area contributed by atoms with Gasteiger partial charge in [0.2, 0.25) is 5.56 Å². The Morgan fingerprint density at radius 1 is 1.46 bits per heavy atom. The molecule has 0 unspecified atom stereocenters. The number of benzene rings is 1. The van der Waals surface area contributed by atoms with E-state index in [4.69, 9.17) is 21.6 Å². The molecule has 0 bridgehead atoms. The number of alkyl halides is 2. The van der Waals surface area contributed by atoms with Crippen LogP contribution in [0.5, 0.6) is 5.75 Å². The number of hydrogen-bond donors (Lipinski definition) is 0. The van der Waals surface area contributed by atoms with Gasteiger partial charge < -0.3 is 9.30 Å². The van der Waals surface area contributed by atoms with Gasteiger partial charge in [-0.25, -0.2) is 8.78 Å². The number of nitrogens with zero attached hydrogens (tertiary/aromatic N) is 2. The molecule has 2 rings (SSSR count). The van der Waals surface area contributed by atoms with Gasteiger partial charge in [-0.05, 0) is 16.6 Å². The van der Waals surface area contributed by atoms with E-state index >= 15 is 0 Å². The van der Waals surface area contributed by atoms with Crippen molar-refractivity contribution in [3.8, 4) is 23.1 Å². The summed E-state index contributed by atoms with van der Waals surface area (Å²) in [5, 5.41) is 8.31. The van der Waals surface area contributed by atoms with Crippen molar-refractivity contribution in [2.24, 2.45) is 0 Å². The van der Waals surface area contributed by atoms with Crippen LogP contribution >= 0.6 is 27.5 Å². The Balaban J connectivity index is 0.00000288. The molecule has 0 aliphatic carbocycles. The fourth-order valence-corrected chi connectivity index (χ4v) is 2.63. The maximum absolute atomic E-state index is 12.8. The van der Waals surface area contributed by atoms with Crippen LogP contribution in [0, 0.1) is 17.4 Å². The molecule has 1 aromatic carbocycles. The third-order valence-electron chi connectivity index (χ3n) is 2.87. The van der Waals surface area contributed by atoms with Crippen LogP contribution in [0.25, 0.3) is 11.3 Å². The van der Waals surface area contributed by atoms with Gasteiger partial charge in [-0.1, -0.05) is 27.2 Å². The first-order chi connectivity index (χ1) is 10.9. The summed E-state index contributed by atoms with van der Waals surface area (Å²) in [6.07, 6.45) is -2.71. The van der Waals surface area contributed by atoms with Gasteiger partial charge in [-0.2, -0.15) is 29.0 Å². The number of nitriles is 1. The van der Waals surface area contributed by atoms with E-state index in [9.17, 15) is 13.6 Å². The molecule has 0 aliphatic heterocycles. The molecule has 0 saturated carbocycles. The molecule has 1 radical (unpaired) electrons. The summed E-state index contributed by atoms with van der Waals surface area (Å²) in [4.78, 5) is 12.0. The first kappa shape index (κ1) is 21.2. The van der Waals surface area contributed by atoms with Crippen LogP contribution in [-0.2, 0) is 39.3 Å². The predicted molar refractivity (Wildman–Crippen MR) is 84.8 cm³/mol. The van der Waals surface area contributed by atoms with Gasteiger partial charge in [0.25, 0.3) is 6.43 Å². The quantitative estimate of drug-likeness (QED) is 0.597. The van der Waals surface area contributed by atoms with E-state index in [1.165, 1.54) is 6.07 Å². The fraction of sp³-hybridized carbons (Fsp3) is 0.200. The van der Waals surface area contributed by atoms with E-state index in [2.05, 4.69) is 22.0 Å². The number of pyridine rings is 1. The van der Waals surface area contributed by atoms with Crippen molar-refractivity contribution in [1.82, 2.24) is 4.57 Å². The second-order valence-corrected chi connectivity index (χ2v) is 5.64. The maximum atomic E-state index is 12.8. The molecule has 1 heterocycles. The summed E-state index contributed by atoms with van der Waals surface area (Å²) in [5.74, 6) is 0.430. The van der Waals surface area contributed by atoms with E-state index in [-0.39, 0.29) is 50.0 Å². The van der Waals surface area contributed by atoms with Crippen LogP contribution in [0.2, 0.25) is 5.02 Å². The minimum atomic E-state index is -2.71. The van der Waals surface area contributed by atoms with Crippen molar-refractivity contribution >= 4 is 27.5 Å². The largest absolute Gasteiger partial charge is 0.479 e. The first-order valence-corrected chi connectivity index (χ1v) is 7.50.